The minimum Gasteiger partial charge on any atom is -0.334 e. The minimum absolute atomic E-state index is 0.0189. The van der Waals surface area contributed by atoms with E-state index >= 15 is 0 Å². The molecule has 1 fully saturated rings. The molecule has 1 unspecified atom stereocenters. The number of nitrogens with zero attached hydrogens (tertiary/aromatic N) is 3. The Morgan fingerprint density at radius 2 is 1.80 bits per heavy atom. The van der Waals surface area contributed by atoms with Gasteiger partial charge in [0.05, 0.1) is 6.04 Å². The highest BCUT2D eigenvalue weighted by molar-refractivity contribution is 5.86. The van der Waals surface area contributed by atoms with Crippen molar-refractivity contribution in [1.29, 1.82) is 0 Å². The van der Waals surface area contributed by atoms with Crippen LogP contribution in [-0.2, 0) is 6.18 Å². The van der Waals surface area contributed by atoms with Gasteiger partial charge in [-0.2, -0.15) is 13.2 Å². The highest BCUT2D eigenvalue weighted by Crippen LogP contribution is 2.38. The first-order valence-electron chi connectivity index (χ1n) is 8.18. The molecule has 2 heterocycles. The van der Waals surface area contributed by atoms with E-state index in [1.807, 2.05) is 47.4 Å². The highest BCUT2D eigenvalue weighted by atomic mass is 19.4. The molecule has 3 nitrogen and oxygen atoms in total. The third kappa shape index (κ3) is 2.92. The van der Waals surface area contributed by atoms with E-state index in [1.165, 1.54) is 6.20 Å². The van der Waals surface area contributed by atoms with E-state index in [9.17, 15) is 13.2 Å². The summed E-state index contributed by atoms with van der Waals surface area (Å²) in [6.07, 6.45) is -1.52. The molecule has 0 bridgehead atoms. The van der Waals surface area contributed by atoms with Gasteiger partial charge in [0.15, 0.2) is 0 Å². The SMILES string of the molecule is FC(F)(F)c1ccnc(N2CCCC2c2cccc3ccccc23)n1. The molecule has 1 saturated heterocycles. The van der Waals surface area contributed by atoms with Gasteiger partial charge >= 0.3 is 6.18 Å². The lowest BCUT2D eigenvalue weighted by Gasteiger charge is -2.26. The van der Waals surface area contributed by atoms with E-state index in [1.54, 1.807) is 0 Å². The number of hydrogen-bond acceptors (Lipinski definition) is 3. The summed E-state index contributed by atoms with van der Waals surface area (Å²) in [7, 11) is 0. The van der Waals surface area contributed by atoms with Crippen LogP contribution in [0.2, 0.25) is 0 Å². The molecule has 4 rings (SSSR count). The van der Waals surface area contributed by atoms with Gasteiger partial charge in [-0.25, -0.2) is 9.97 Å². The van der Waals surface area contributed by atoms with Crippen LogP contribution in [-0.4, -0.2) is 16.5 Å². The topological polar surface area (TPSA) is 29.0 Å². The lowest BCUT2D eigenvalue weighted by Crippen LogP contribution is -2.26. The Morgan fingerprint density at radius 3 is 2.64 bits per heavy atom. The number of fused-ring (bicyclic) bond motifs is 1. The first-order chi connectivity index (χ1) is 12.0. The van der Waals surface area contributed by atoms with Gasteiger partial charge in [-0.3, -0.25) is 0 Å². The summed E-state index contributed by atoms with van der Waals surface area (Å²) in [5, 5.41) is 2.24. The molecule has 25 heavy (non-hydrogen) atoms. The van der Waals surface area contributed by atoms with Crippen molar-refractivity contribution in [3.63, 3.8) is 0 Å². The van der Waals surface area contributed by atoms with Crippen LogP contribution >= 0.6 is 0 Å². The van der Waals surface area contributed by atoms with Crippen molar-refractivity contribution < 1.29 is 13.2 Å². The number of halogens is 3. The summed E-state index contributed by atoms with van der Waals surface area (Å²) in [6, 6.07) is 15.0. The predicted molar refractivity (Wildman–Crippen MR) is 90.3 cm³/mol. The standard InChI is InChI=1S/C19H16F3N3/c20-19(21,22)17-10-11-23-18(24-17)25-12-4-9-16(25)15-8-3-6-13-5-1-2-7-14(13)15/h1-3,5-8,10-11,16H,4,9,12H2. The van der Waals surface area contributed by atoms with E-state index in [4.69, 9.17) is 0 Å². The molecule has 3 aromatic rings. The monoisotopic (exact) mass is 343 g/mol. The van der Waals surface area contributed by atoms with E-state index in [0.29, 0.717) is 6.54 Å². The van der Waals surface area contributed by atoms with Crippen molar-refractivity contribution in [2.45, 2.75) is 25.1 Å². The number of anilines is 1. The van der Waals surface area contributed by atoms with Crippen molar-refractivity contribution in [2.24, 2.45) is 0 Å². The van der Waals surface area contributed by atoms with Gasteiger partial charge in [0.25, 0.3) is 0 Å². The molecular weight excluding hydrogens is 327 g/mol. The molecule has 0 radical (unpaired) electrons. The Balaban J connectivity index is 1.76. The minimum atomic E-state index is -4.47. The lowest BCUT2D eigenvalue weighted by molar-refractivity contribution is -0.141. The molecule has 1 atom stereocenters. The molecule has 6 heteroatoms. The Bertz CT molecular complexity index is 902. The number of benzene rings is 2. The first-order valence-corrected chi connectivity index (χ1v) is 8.18. The Hall–Kier alpha value is -2.63. The van der Waals surface area contributed by atoms with Gasteiger partial charge in [-0.05, 0) is 35.2 Å². The van der Waals surface area contributed by atoms with Crippen molar-refractivity contribution in [2.75, 3.05) is 11.4 Å². The Morgan fingerprint density at radius 1 is 1.00 bits per heavy atom. The fourth-order valence-corrected chi connectivity index (χ4v) is 3.52. The smallest absolute Gasteiger partial charge is 0.334 e. The molecule has 0 aliphatic carbocycles. The van der Waals surface area contributed by atoms with E-state index in [0.717, 1.165) is 35.2 Å². The van der Waals surface area contributed by atoms with Gasteiger partial charge in [0.1, 0.15) is 5.69 Å². The zero-order chi connectivity index (χ0) is 17.4. The lowest BCUT2D eigenvalue weighted by atomic mass is 9.97. The average molecular weight is 343 g/mol. The van der Waals surface area contributed by atoms with E-state index in [-0.39, 0.29) is 12.0 Å². The number of hydrogen-bond donors (Lipinski definition) is 0. The zero-order valence-corrected chi connectivity index (χ0v) is 13.4. The second-order valence-corrected chi connectivity index (χ2v) is 6.16. The zero-order valence-electron chi connectivity index (χ0n) is 13.4. The second-order valence-electron chi connectivity index (χ2n) is 6.16. The highest BCUT2D eigenvalue weighted by Gasteiger charge is 2.35. The molecular formula is C19H16F3N3. The van der Waals surface area contributed by atoms with Gasteiger partial charge in [0, 0.05) is 12.7 Å². The average Bonchev–Trinajstić information content (AvgIpc) is 3.10. The van der Waals surface area contributed by atoms with Crippen LogP contribution in [0.1, 0.15) is 30.1 Å². The van der Waals surface area contributed by atoms with Crippen molar-refractivity contribution in [3.8, 4) is 0 Å². The summed E-state index contributed by atoms with van der Waals surface area (Å²) in [5.41, 5.74) is 0.206. The third-order valence-corrected chi connectivity index (χ3v) is 4.63. The maximum atomic E-state index is 13.0. The first kappa shape index (κ1) is 15.9. The van der Waals surface area contributed by atoms with Crippen LogP contribution in [0.15, 0.2) is 54.7 Å². The molecule has 0 spiro atoms. The molecule has 0 amide bonds. The maximum absolute atomic E-state index is 13.0. The second kappa shape index (κ2) is 6.02. The predicted octanol–water partition coefficient (Wildman–Crippen LogP) is 4.99. The number of rotatable bonds is 2. The fraction of sp³-hybridized carbons (Fsp3) is 0.263. The molecule has 128 valence electrons. The normalized spacial score (nSPS) is 18.0. The van der Waals surface area contributed by atoms with Gasteiger partial charge in [0.2, 0.25) is 5.95 Å². The van der Waals surface area contributed by atoms with E-state index < -0.39 is 11.9 Å². The van der Waals surface area contributed by atoms with E-state index in [2.05, 4.69) is 9.97 Å². The molecule has 0 saturated carbocycles. The molecule has 1 aliphatic heterocycles. The Kier molecular flexibility index (Phi) is 3.82. The summed E-state index contributed by atoms with van der Waals surface area (Å²) < 4.78 is 38.9. The van der Waals surface area contributed by atoms with Crippen LogP contribution in [0.3, 0.4) is 0 Å². The maximum Gasteiger partial charge on any atom is 0.433 e. The van der Waals surface area contributed by atoms with Crippen LogP contribution in [0.4, 0.5) is 19.1 Å². The number of alkyl halides is 3. The van der Waals surface area contributed by atoms with Gasteiger partial charge in [-0.1, -0.05) is 42.5 Å². The molecule has 2 aromatic carbocycles. The fourth-order valence-electron chi connectivity index (χ4n) is 3.52. The summed E-state index contributed by atoms with van der Waals surface area (Å²) >= 11 is 0. The molecule has 0 N–H and O–H groups in total. The molecule has 1 aromatic heterocycles. The van der Waals surface area contributed by atoms with Gasteiger partial charge < -0.3 is 4.90 Å². The van der Waals surface area contributed by atoms with Crippen molar-refractivity contribution in [1.82, 2.24) is 9.97 Å². The van der Waals surface area contributed by atoms with Crippen LogP contribution < -0.4 is 4.90 Å². The van der Waals surface area contributed by atoms with Crippen LogP contribution in [0.5, 0.6) is 0 Å². The Labute approximate surface area is 143 Å². The largest absolute Gasteiger partial charge is 0.433 e. The third-order valence-electron chi connectivity index (χ3n) is 4.63. The van der Waals surface area contributed by atoms with Crippen molar-refractivity contribution >= 4 is 16.7 Å². The van der Waals surface area contributed by atoms with Gasteiger partial charge in [-0.15, -0.1) is 0 Å². The van der Waals surface area contributed by atoms with Crippen molar-refractivity contribution in [3.05, 3.63) is 66.0 Å². The number of aromatic nitrogens is 2. The molecule has 1 aliphatic rings. The van der Waals surface area contributed by atoms with Crippen LogP contribution in [0.25, 0.3) is 10.8 Å². The quantitative estimate of drug-likeness (QED) is 0.656. The summed E-state index contributed by atoms with van der Waals surface area (Å²) in [4.78, 5) is 9.76. The summed E-state index contributed by atoms with van der Waals surface area (Å²) in [5.74, 6) is 0.144. The van der Waals surface area contributed by atoms with Crippen LogP contribution in [0, 0.1) is 0 Å². The summed E-state index contributed by atoms with van der Waals surface area (Å²) in [6.45, 7) is 0.648.